The molecule has 0 spiro atoms. The van der Waals surface area contributed by atoms with Crippen LogP contribution < -0.4 is 10.2 Å². The number of piperidine rings is 4. The lowest BCUT2D eigenvalue weighted by Gasteiger charge is -2.66. The van der Waals surface area contributed by atoms with Crippen molar-refractivity contribution in [1.82, 2.24) is 20.2 Å². The van der Waals surface area contributed by atoms with Gasteiger partial charge >= 0.3 is 0 Å². The van der Waals surface area contributed by atoms with Crippen molar-refractivity contribution in [3.63, 3.8) is 0 Å². The van der Waals surface area contributed by atoms with E-state index in [1.54, 1.807) is 7.11 Å². The number of hydrogen-bond donors (Lipinski definition) is 1. The third-order valence-corrected chi connectivity index (χ3v) is 9.42. The minimum absolute atomic E-state index is 0.00691. The Bertz CT molecular complexity index is 1110. The number of hydrogen-bond acceptors (Lipinski definition) is 5. The highest BCUT2D eigenvalue weighted by Gasteiger charge is 2.56. The summed E-state index contributed by atoms with van der Waals surface area (Å²) >= 11 is 0. The molecule has 2 aromatic rings. The van der Waals surface area contributed by atoms with Crippen LogP contribution in [-0.4, -0.2) is 71.6 Å². The van der Waals surface area contributed by atoms with Crippen LogP contribution in [0.2, 0.25) is 0 Å². The zero-order valence-corrected chi connectivity index (χ0v) is 22.7. The van der Waals surface area contributed by atoms with Crippen molar-refractivity contribution in [2.75, 3.05) is 26.7 Å². The molecule has 0 aromatic heterocycles. The Kier molecular flexibility index (Phi) is 7.55. The number of amides is 1. The van der Waals surface area contributed by atoms with Gasteiger partial charge in [-0.3, -0.25) is 20.0 Å². The minimum Gasteiger partial charge on any atom is -0.497 e. The van der Waals surface area contributed by atoms with E-state index in [0.29, 0.717) is 24.2 Å². The maximum Gasteiger partial charge on any atom is 0.265 e. The molecule has 0 aliphatic carbocycles. The molecule has 6 nitrogen and oxygen atoms in total. The number of carbonyl (C=O) groups is 1. The number of nitrogens with one attached hydrogen (secondary N) is 1. The van der Waals surface area contributed by atoms with E-state index in [1.807, 2.05) is 18.2 Å². The predicted octanol–water partition coefficient (Wildman–Crippen LogP) is 5.17. The average molecular weight is 515 g/mol. The number of piperazine rings is 1. The van der Waals surface area contributed by atoms with Crippen LogP contribution in [0, 0.1) is 0 Å². The summed E-state index contributed by atoms with van der Waals surface area (Å²) in [6.45, 7) is 6.91. The number of nitrogens with zero attached hydrogens (tertiary/aromatic N) is 3. The van der Waals surface area contributed by atoms with Crippen LogP contribution in [0.5, 0.6) is 5.75 Å². The lowest BCUT2D eigenvalue weighted by molar-refractivity contribution is -0.151. The smallest absolute Gasteiger partial charge is 0.265 e. The molecule has 6 saturated heterocycles. The van der Waals surface area contributed by atoms with Gasteiger partial charge in [-0.1, -0.05) is 43.2 Å². The average Bonchev–Trinajstić information content (AvgIpc) is 3.22. The first-order valence-corrected chi connectivity index (χ1v) is 14.6. The second-order valence-electron chi connectivity index (χ2n) is 11.5. The summed E-state index contributed by atoms with van der Waals surface area (Å²) in [7, 11) is 1.74. The number of methoxy groups -OCH3 is 1. The van der Waals surface area contributed by atoms with Gasteiger partial charge in [0.2, 0.25) is 0 Å². The van der Waals surface area contributed by atoms with E-state index in [9.17, 15) is 4.79 Å². The number of hydrazine groups is 1. The number of fused-ring (bicyclic) bond motifs is 2. The second kappa shape index (κ2) is 11.2. The molecule has 1 N–H and O–H groups in total. The molecule has 202 valence electrons. The molecule has 5 atom stereocenters. The first kappa shape index (κ1) is 25.6. The molecule has 6 heteroatoms. The van der Waals surface area contributed by atoms with Crippen LogP contribution in [-0.2, 0) is 0 Å². The summed E-state index contributed by atoms with van der Waals surface area (Å²) in [5.41, 5.74) is 6.38. The van der Waals surface area contributed by atoms with Gasteiger partial charge in [-0.05, 0) is 73.9 Å². The number of rotatable bonds is 8. The third-order valence-electron chi connectivity index (χ3n) is 9.42. The molecule has 5 unspecified atom stereocenters. The number of ether oxygens (including phenoxy) is 1. The van der Waals surface area contributed by atoms with Crippen molar-refractivity contribution in [1.29, 1.82) is 0 Å². The molecule has 1 amide bonds. The molecule has 6 heterocycles. The molecule has 6 fully saturated rings. The van der Waals surface area contributed by atoms with Gasteiger partial charge in [-0.25, -0.2) is 5.01 Å². The maximum absolute atomic E-state index is 13.1. The van der Waals surface area contributed by atoms with Gasteiger partial charge in [0.1, 0.15) is 5.75 Å². The largest absolute Gasteiger partial charge is 0.497 e. The first-order valence-electron chi connectivity index (χ1n) is 14.6. The molecule has 4 bridgehead atoms. The second-order valence-corrected chi connectivity index (χ2v) is 11.5. The van der Waals surface area contributed by atoms with Crippen molar-refractivity contribution >= 4 is 5.91 Å². The summed E-state index contributed by atoms with van der Waals surface area (Å²) in [6, 6.07) is 19.3. The van der Waals surface area contributed by atoms with Crippen molar-refractivity contribution in [3.05, 3.63) is 77.9 Å². The van der Waals surface area contributed by atoms with Gasteiger partial charge in [-0.2, -0.15) is 0 Å². The summed E-state index contributed by atoms with van der Waals surface area (Å²) in [6.07, 6.45) is 11.9. The van der Waals surface area contributed by atoms with Crippen LogP contribution in [0.15, 0.2) is 61.2 Å². The highest BCUT2D eigenvalue weighted by Crippen LogP contribution is 2.50. The zero-order valence-electron chi connectivity index (χ0n) is 22.7. The van der Waals surface area contributed by atoms with Gasteiger partial charge in [0.15, 0.2) is 0 Å². The fourth-order valence-corrected chi connectivity index (χ4v) is 7.77. The summed E-state index contributed by atoms with van der Waals surface area (Å²) < 4.78 is 5.64. The third kappa shape index (κ3) is 4.78. The van der Waals surface area contributed by atoms with E-state index in [2.05, 4.69) is 63.2 Å². The number of benzene rings is 2. The monoisotopic (exact) mass is 514 g/mol. The van der Waals surface area contributed by atoms with Gasteiger partial charge in [0.25, 0.3) is 5.91 Å². The molecule has 0 saturated carbocycles. The zero-order chi connectivity index (χ0) is 26.1. The quantitative estimate of drug-likeness (QED) is 0.493. The molecule has 8 rings (SSSR count). The molecule has 6 aliphatic heterocycles. The fraction of sp³-hybridized carbons (Fsp3) is 0.531. The molecular formula is C32H42N4O2. The van der Waals surface area contributed by atoms with Crippen LogP contribution in [0.4, 0.5) is 0 Å². The molecular weight excluding hydrogens is 472 g/mol. The molecule has 6 aliphatic rings. The van der Waals surface area contributed by atoms with Gasteiger partial charge in [0.05, 0.1) is 13.2 Å². The minimum atomic E-state index is -0.00691. The fourth-order valence-electron chi connectivity index (χ4n) is 7.77. The van der Waals surface area contributed by atoms with E-state index >= 15 is 0 Å². The Morgan fingerprint density at radius 3 is 2.24 bits per heavy atom. The van der Waals surface area contributed by atoms with Crippen molar-refractivity contribution in [2.45, 2.75) is 81.6 Å². The molecule has 2 aromatic carbocycles. The molecule has 38 heavy (non-hydrogen) atoms. The Hall–Kier alpha value is -2.67. The summed E-state index contributed by atoms with van der Waals surface area (Å²) in [5.74, 6) is 0.883. The van der Waals surface area contributed by atoms with Crippen LogP contribution in [0.1, 0.15) is 78.9 Å². The van der Waals surface area contributed by atoms with E-state index in [0.717, 1.165) is 43.8 Å². The van der Waals surface area contributed by atoms with E-state index in [4.69, 9.17) is 4.74 Å². The lowest BCUT2D eigenvalue weighted by atomic mass is 9.69. The summed E-state index contributed by atoms with van der Waals surface area (Å²) in [5, 5.41) is 2.10. The van der Waals surface area contributed by atoms with Crippen molar-refractivity contribution in [2.24, 2.45) is 0 Å². The molecule has 0 radical (unpaired) electrons. The van der Waals surface area contributed by atoms with Gasteiger partial charge < -0.3 is 4.74 Å². The standard InChI is InChI=1S/C32H42N4O2/c1-3-19-35-27-15-17-29-28(35)16-18-30(27)36(29)31(25-9-8-10-26(22-25)38-2)23-11-13-24(14-12-23)32(37)33-34-20-6-4-5-7-21-34/h3,8-14,22,27-31H,1,4-7,15-21H2,2H3,(H,33,37). The SMILES string of the molecule is C=CCN1C2CCC3C1CCC2N3C(c1ccc(C(=O)NN2CCCCCC2)cc1)c1cccc(OC)c1. The van der Waals surface area contributed by atoms with Crippen molar-refractivity contribution in [3.8, 4) is 5.75 Å². The Balaban J connectivity index is 1.30. The van der Waals surface area contributed by atoms with E-state index < -0.39 is 0 Å². The topological polar surface area (TPSA) is 48.0 Å². The van der Waals surface area contributed by atoms with E-state index in [-0.39, 0.29) is 11.9 Å². The predicted molar refractivity (Wildman–Crippen MR) is 151 cm³/mol. The van der Waals surface area contributed by atoms with Crippen LogP contribution in [0.3, 0.4) is 0 Å². The first-order chi connectivity index (χ1) is 18.7. The van der Waals surface area contributed by atoms with E-state index in [1.165, 1.54) is 49.7 Å². The van der Waals surface area contributed by atoms with Crippen LogP contribution in [0.25, 0.3) is 0 Å². The Morgan fingerprint density at radius 1 is 0.947 bits per heavy atom. The normalized spacial score (nSPS) is 28.6. The maximum atomic E-state index is 13.1. The highest BCUT2D eigenvalue weighted by molar-refractivity contribution is 5.93. The van der Waals surface area contributed by atoms with Crippen molar-refractivity contribution < 1.29 is 9.53 Å². The Labute approximate surface area is 227 Å². The van der Waals surface area contributed by atoms with Gasteiger partial charge in [-0.15, -0.1) is 6.58 Å². The van der Waals surface area contributed by atoms with Gasteiger partial charge in [0, 0.05) is 49.4 Å². The summed E-state index contributed by atoms with van der Waals surface area (Å²) in [4.78, 5) is 18.6. The number of carbonyl (C=O) groups excluding carboxylic acids is 1. The Morgan fingerprint density at radius 2 is 1.61 bits per heavy atom. The lowest BCUT2D eigenvalue weighted by Crippen LogP contribution is -2.75. The highest BCUT2D eigenvalue weighted by atomic mass is 16.5. The van der Waals surface area contributed by atoms with Crippen LogP contribution >= 0.6 is 0 Å².